The van der Waals surface area contributed by atoms with Gasteiger partial charge in [0, 0.05) is 17.5 Å². The molecular weight excluding hydrogens is 320 g/mol. The van der Waals surface area contributed by atoms with E-state index >= 15 is 0 Å². The maximum Gasteiger partial charge on any atom is 0.312 e. The molecule has 1 atom stereocenters. The van der Waals surface area contributed by atoms with Crippen molar-refractivity contribution in [2.24, 2.45) is 0 Å². The maximum atomic E-state index is 11.9. The SMILES string of the molecule is COc1cc(C2CC(=O)Oc3cc(O)ccc32)cc(Cl)c1OC. The summed E-state index contributed by atoms with van der Waals surface area (Å²) in [5.41, 5.74) is 1.63. The van der Waals surface area contributed by atoms with Crippen LogP contribution in [0.15, 0.2) is 30.3 Å². The molecule has 6 heteroatoms. The summed E-state index contributed by atoms with van der Waals surface area (Å²) >= 11 is 6.26. The summed E-state index contributed by atoms with van der Waals surface area (Å²) < 4.78 is 15.8. The molecular formula is C17H15ClO5. The molecule has 0 aliphatic carbocycles. The Morgan fingerprint density at radius 1 is 1.22 bits per heavy atom. The predicted octanol–water partition coefficient (Wildman–Crippen LogP) is 3.50. The number of esters is 1. The average molecular weight is 335 g/mol. The van der Waals surface area contributed by atoms with E-state index in [9.17, 15) is 9.90 Å². The smallest absolute Gasteiger partial charge is 0.312 e. The van der Waals surface area contributed by atoms with Gasteiger partial charge in [-0.3, -0.25) is 4.79 Å². The van der Waals surface area contributed by atoms with Crippen molar-refractivity contribution in [1.82, 2.24) is 0 Å². The zero-order valence-electron chi connectivity index (χ0n) is 12.6. The lowest BCUT2D eigenvalue weighted by Crippen LogP contribution is -2.21. The van der Waals surface area contributed by atoms with Gasteiger partial charge < -0.3 is 19.3 Å². The van der Waals surface area contributed by atoms with Crippen LogP contribution in [0.5, 0.6) is 23.0 Å². The second-order valence-electron chi connectivity index (χ2n) is 5.19. The van der Waals surface area contributed by atoms with E-state index < -0.39 is 0 Å². The molecule has 1 unspecified atom stereocenters. The summed E-state index contributed by atoms with van der Waals surface area (Å²) in [4.78, 5) is 11.9. The first-order chi connectivity index (χ1) is 11.0. The average Bonchev–Trinajstić information content (AvgIpc) is 2.52. The highest BCUT2D eigenvalue weighted by atomic mass is 35.5. The van der Waals surface area contributed by atoms with Crippen LogP contribution in [0.3, 0.4) is 0 Å². The number of phenolic OH excluding ortho intramolecular Hbond substituents is 1. The third kappa shape index (κ3) is 2.80. The highest BCUT2D eigenvalue weighted by Gasteiger charge is 2.30. The summed E-state index contributed by atoms with van der Waals surface area (Å²) in [5, 5.41) is 9.98. The number of phenols is 1. The van der Waals surface area contributed by atoms with Crippen LogP contribution in [-0.4, -0.2) is 25.3 Å². The van der Waals surface area contributed by atoms with E-state index in [-0.39, 0.29) is 24.1 Å². The second-order valence-corrected chi connectivity index (χ2v) is 5.60. The summed E-state index contributed by atoms with van der Waals surface area (Å²) in [6.07, 6.45) is 0.184. The molecule has 1 heterocycles. The molecule has 0 aromatic heterocycles. The molecule has 2 aromatic carbocycles. The molecule has 0 fully saturated rings. The fraction of sp³-hybridized carbons (Fsp3) is 0.235. The molecule has 0 spiro atoms. The largest absolute Gasteiger partial charge is 0.508 e. The Hall–Kier alpha value is -2.40. The lowest BCUT2D eigenvalue weighted by Gasteiger charge is -2.25. The fourth-order valence-corrected chi connectivity index (χ4v) is 3.07. The molecule has 0 bridgehead atoms. The lowest BCUT2D eigenvalue weighted by molar-refractivity contribution is -0.135. The van der Waals surface area contributed by atoms with E-state index in [2.05, 4.69) is 0 Å². The molecule has 0 saturated carbocycles. The second kappa shape index (κ2) is 6.01. The molecule has 1 N–H and O–H groups in total. The van der Waals surface area contributed by atoms with Gasteiger partial charge in [0.25, 0.3) is 0 Å². The molecule has 5 nitrogen and oxygen atoms in total. The van der Waals surface area contributed by atoms with Crippen LogP contribution in [0, 0.1) is 0 Å². The Morgan fingerprint density at radius 2 is 2.00 bits per heavy atom. The minimum absolute atomic E-state index is 0.0440. The number of fused-ring (bicyclic) bond motifs is 1. The zero-order chi connectivity index (χ0) is 16.6. The van der Waals surface area contributed by atoms with Crippen LogP contribution in [-0.2, 0) is 4.79 Å². The van der Waals surface area contributed by atoms with Gasteiger partial charge in [-0.05, 0) is 23.8 Å². The molecule has 1 aliphatic heterocycles. The summed E-state index contributed by atoms with van der Waals surface area (Å²) in [6.45, 7) is 0. The highest BCUT2D eigenvalue weighted by molar-refractivity contribution is 6.32. The third-order valence-electron chi connectivity index (χ3n) is 3.83. The monoisotopic (exact) mass is 334 g/mol. The number of carbonyl (C=O) groups is 1. The van der Waals surface area contributed by atoms with Gasteiger partial charge in [-0.2, -0.15) is 0 Å². The van der Waals surface area contributed by atoms with Crippen molar-refractivity contribution in [2.75, 3.05) is 14.2 Å². The first kappa shape index (κ1) is 15.5. The standard InChI is InChI=1S/C17H15ClO5/c1-21-15-6-9(5-13(18)17(15)22-2)12-8-16(20)23-14-7-10(19)3-4-11(12)14/h3-7,12,19H,8H2,1-2H3. The van der Waals surface area contributed by atoms with Gasteiger partial charge in [0.2, 0.25) is 0 Å². The van der Waals surface area contributed by atoms with Gasteiger partial charge >= 0.3 is 5.97 Å². The lowest BCUT2D eigenvalue weighted by atomic mass is 9.86. The number of ether oxygens (including phenoxy) is 3. The van der Waals surface area contributed by atoms with Crippen molar-refractivity contribution in [3.8, 4) is 23.0 Å². The fourth-order valence-electron chi connectivity index (χ4n) is 2.78. The van der Waals surface area contributed by atoms with Gasteiger partial charge in [0.05, 0.1) is 25.7 Å². The Balaban J connectivity index is 2.12. The maximum absolute atomic E-state index is 11.9. The third-order valence-corrected chi connectivity index (χ3v) is 4.11. The molecule has 0 amide bonds. The van der Waals surface area contributed by atoms with Crippen molar-refractivity contribution in [3.05, 3.63) is 46.5 Å². The van der Waals surface area contributed by atoms with Gasteiger partial charge in [-0.15, -0.1) is 0 Å². The number of halogens is 1. The highest BCUT2D eigenvalue weighted by Crippen LogP contribution is 2.44. The Kier molecular flexibility index (Phi) is 4.05. The molecule has 0 radical (unpaired) electrons. The Labute approximate surface area is 138 Å². The van der Waals surface area contributed by atoms with E-state index in [1.165, 1.54) is 20.3 Å². The number of aromatic hydroxyl groups is 1. The van der Waals surface area contributed by atoms with Crippen LogP contribution >= 0.6 is 11.6 Å². The van der Waals surface area contributed by atoms with Crippen LogP contribution in [0.25, 0.3) is 0 Å². The molecule has 2 aromatic rings. The van der Waals surface area contributed by atoms with Crippen molar-refractivity contribution < 1.29 is 24.1 Å². The first-order valence-corrected chi connectivity index (χ1v) is 7.36. The zero-order valence-corrected chi connectivity index (χ0v) is 13.4. The van der Waals surface area contributed by atoms with Crippen LogP contribution < -0.4 is 14.2 Å². The number of rotatable bonds is 3. The van der Waals surface area contributed by atoms with E-state index in [0.717, 1.165) is 11.1 Å². The first-order valence-electron chi connectivity index (χ1n) is 6.98. The van der Waals surface area contributed by atoms with Gasteiger partial charge in [0.1, 0.15) is 11.5 Å². The van der Waals surface area contributed by atoms with E-state index in [1.54, 1.807) is 24.3 Å². The van der Waals surface area contributed by atoms with E-state index in [1.807, 2.05) is 0 Å². The number of carbonyl (C=O) groups excluding carboxylic acids is 1. The van der Waals surface area contributed by atoms with Crippen LogP contribution in [0.2, 0.25) is 5.02 Å². The predicted molar refractivity (Wildman–Crippen MR) is 84.8 cm³/mol. The van der Waals surface area contributed by atoms with Gasteiger partial charge in [-0.25, -0.2) is 0 Å². The van der Waals surface area contributed by atoms with Crippen molar-refractivity contribution in [2.45, 2.75) is 12.3 Å². The van der Waals surface area contributed by atoms with Crippen LogP contribution in [0.4, 0.5) is 0 Å². The Bertz CT molecular complexity index is 772. The van der Waals surface area contributed by atoms with Crippen molar-refractivity contribution >= 4 is 17.6 Å². The summed E-state index contributed by atoms with van der Waals surface area (Å²) in [5.74, 6) is 0.749. The van der Waals surface area contributed by atoms with Crippen molar-refractivity contribution in [1.29, 1.82) is 0 Å². The quantitative estimate of drug-likeness (QED) is 0.687. The van der Waals surface area contributed by atoms with E-state index in [4.69, 9.17) is 25.8 Å². The number of hydrogen-bond donors (Lipinski definition) is 1. The normalized spacial score (nSPS) is 16.5. The summed E-state index contributed by atoms with van der Waals surface area (Å²) in [7, 11) is 3.04. The molecule has 23 heavy (non-hydrogen) atoms. The van der Waals surface area contributed by atoms with Gasteiger partial charge in [-0.1, -0.05) is 17.7 Å². The van der Waals surface area contributed by atoms with Crippen molar-refractivity contribution in [3.63, 3.8) is 0 Å². The number of hydrogen-bond acceptors (Lipinski definition) is 5. The van der Waals surface area contributed by atoms with Crippen LogP contribution in [0.1, 0.15) is 23.5 Å². The van der Waals surface area contributed by atoms with Gasteiger partial charge in [0.15, 0.2) is 11.5 Å². The summed E-state index contributed by atoms with van der Waals surface area (Å²) in [6, 6.07) is 8.29. The molecule has 3 rings (SSSR count). The molecule has 0 saturated heterocycles. The number of benzene rings is 2. The Morgan fingerprint density at radius 3 is 2.70 bits per heavy atom. The van der Waals surface area contributed by atoms with E-state index in [0.29, 0.717) is 22.3 Å². The minimum Gasteiger partial charge on any atom is -0.508 e. The molecule has 1 aliphatic rings. The topological polar surface area (TPSA) is 65.0 Å². The minimum atomic E-state index is -0.362. The molecule has 120 valence electrons. The number of methoxy groups -OCH3 is 2.